The lowest BCUT2D eigenvalue weighted by atomic mass is 10.2. The Balaban J connectivity index is 0.000000136. The summed E-state index contributed by atoms with van der Waals surface area (Å²) in [6.45, 7) is 2.11. The van der Waals surface area contributed by atoms with Crippen LogP contribution < -0.4 is 0 Å². The van der Waals surface area contributed by atoms with E-state index >= 15 is 0 Å². The molecule has 0 fully saturated rings. The van der Waals surface area contributed by atoms with Gasteiger partial charge < -0.3 is 0 Å². The minimum atomic E-state index is 0.702. The molecule has 0 saturated carbocycles. The summed E-state index contributed by atoms with van der Waals surface area (Å²) < 4.78 is 4.76. The van der Waals surface area contributed by atoms with Gasteiger partial charge in [0.1, 0.15) is 0 Å². The van der Waals surface area contributed by atoms with Crippen LogP contribution in [-0.4, -0.2) is 0 Å². The van der Waals surface area contributed by atoms with E-state index in [4.69, 9.17) is 5.26 Å². The molecule has 1 nitrogen and oxygen atoms in total. The first-order chi connectivity index (χ1) is 11.1. The molecule has 2 heterocycles. The Bertz CT molecular complexity index is 1020. The number of benzene rings is 2. The maximum Gasteiger partial charge on any atom is 0.0992 e. The zero-order valence-corrected chi connectivity index (χ0v) is 16.9. The highest BCUT2D eigenvalue weighted by atomic mass is 79.9. The molecule has 0 aliphatic carbocycles. The van der Waals surface area contributed by atoms with Gasteiger partial charge in [-0.2, -0.15) is 5.26 Å². The molecular weight excluding hydrogens is 454 g/mol. The third kappa shape index (κ3) is 3.67. The van der Waals surface area contributed by atoms with Crippen LogP contribution in [0.25, 0.3) is 20.2 Å². The molecule has 4 aromatic rings. The third-order valence-corrected chi connectivity index (χ3v) is 6.99. The molecular formula is C18H11Br2NS2. The summed E-state index contributed by atoms with van der Waals surface area (Å²) in [5.74, 6) is 0. The van der Waals surface area contributed by atoms with Gasteiger partial charge in [0.2, 0.25) is 0 Å². The second-order valence-electron chi connectivity index (χ2n) is 4.99. The highest BCUT2D eigenvalue weighted by molar-refractivity contribution is 9.11. The number of nitriles is 1. The number of hydrogen-bond donors (Lipinski definition) is 0. The largest absolute Gasteiger partial charge is 0.192 e. The predicted molar refractivity (Wildman–Crippen MR) is 109 cm³/mol. The standard InChI is InChI=1S/C9H4BrNS.C9H7BrS/c10-8-4-6(5-11)3-7-1-2-12-9(7)8;1-6-4-7-2-3-11-9(7)8(10)5-6/h1-4H;2-5H,1H3. The second-order valence-corrected chi connectivity index (χ2v) is 8.54. The van der Waals surface area contributed by atoms with Crippen molar-refractivity contribution in [3.8, 4) is 6.07 Å². The summed E-state index contributed by atoms with van der Waals surface area (Å²) in [7, 11) is 0. The maximum absolute atomic E-state index is 8.69. The first-order valence-electron chi connectivity index (χ1n) is 6.78. The maximum atomic E-state index is 8.69. The lowest BCUT2D eigenvalue weighted by molar-refractivity contribution is 1.49. The summed E-state index contributed by atoms with van der Waals surface area (Å²) in [5.41, 5.74) is 2.01. The molecule has 0 amide bonds. The molecule has 0 unspecified atom stereocenters. The van der Waals surface area contributed by atoms with Crippen LogP contribution in [0.1, 0.15) is 11.1 Å². The molecule has 0 aliphatic rings. The van der Waals surface area contributed by atoms with Gasteiger partial charge in [-0.15, -0.1) is 22.7 Å². The van der Waals surface area contributed by atoms with Gasteiger partial charge in [-0.25, -0.2) is 0 Å². The van der Waals surface area contributed by atoms with Crippen LogP contribution >= 0.6 is 54.5 Å². The highest BCUT2D eigenvalue weighted by Gasteiger charge is 2.02. The molecule has 0 radical (unpaired) electrons. The lowest BCUT2D eigenvalue weighted by Gasteiger charge is -1.95. The number of rotatable bonds is 0. The Morgan fingerprint density at radius 2 is 1.43 bits per heavy atom. The first kappa shape index (κ1) is 16.7. The fourth-order valence-corrected chi connectivity index (χ4v) is 5.48. The Morgan fingerprint density at radius 1 is 0.870 bits per heavy atom. The molecule has 0 aliphatic heterocycles. The van der Waals surface area contributed by atoms with E-state index in [-0.39, 0.29) is 0 Å². The average Bonchev–Trinajstić information content (AvgIpc) is 3.16. The van der Waals surface area contributed by atoms with Crippen LogP contribution in [-0.2, 0) is 0 Å². The van der Waals surface area contributed by atoms with Crippen molar-refractivity contribution in [3.05, 3.63) is 67.2 Å². The quantitative estimate of drug-likeness (QED) is 0.264. The Labute approximate surface area is 159 Å². The molecule has 2 aromatic carbocycles. The van der Waals surface area contributed by atoms with Crippen LogP contribution in [0, 0.1) is 18.3 Å². The van der Waals surface area contributed by atoms with Crippen molar-refractivity contribution in [3.63, 3.8) is 0 Å². The van der Waals surface area contributed by atoms with Gasteiger partial charge in [-0.1, -0.05) is 6.07 Å². The SMILES string of the molecule is Cc1cc(Br)c2sccc2c1.N#Cc1cc(Br)c2sccc2c1. The van der Waals surface area contributed by atoms with Crippen LogP contribution in [0.2, 0.25) is 0 Å². The molecule has 0 saturated heterocycles. The van der Waals surface area contributed by atoms with Crippen molar-refractivity contribution in [1.82, 2.24) is 0 Å². The van der Waals surface area contributed by atoms with E-state index in [1.807, 2.05) is 23.6 Å². The van der Waals surface area contributed by atoms with E-state index in [1.54, 1.807) is 22.7 Å². The van der Waals surface area contributed by atoms with Crippen molar-refractivity contribution >= 4 is 74.7 Å². The Kier molecular flexibility index (Phi) is 5.17. The number of thiophene rings is 2. The van der Waals surface area contributed by atoms with Crippen molar-refractivity contribution in [2.24, 2.45) is 0 Å². The molecule has 5 heteroatoms. The van der Waals surface area contributed by atoms with Gasteiger partial charge in [0.05, 0.1) is 11.6 Å². The molecule has 23 heavy (non-hydrogen) atoms. The molecule has 4 rings (SSSR count). The summed E-state index contributed by atoms with van der Waals surface area (Å²) in [6, 6.07) is 14.4. The second kappa shape index (κ2) is 7.14. The number of nitrogens with zero attached hydrogens (tertiary/aromatic N) is 1. The monoisotopic (exact) mass is 463 g/mol. The van der Waals surface area contributed by atoms with Crippen molar-refractivity contribution in [2.75, 3.05) is 0 Å². The number of halogens is 2. The van der Waals surface area contributed by atoms with Crippen molar-refractivity contribution in [2.45, 2.75) is 6.92 Å². The summed E-state index contributed by atoms with van der Waals surface area (Å²) >= 11 is 10.4. The van der Waals surface area contributed by atoms with Crippen molar-refractivity contribution in [1.29, 1.82) is 5.26 Å². The Morgan fingerprint density at radius 3 is 2.04 bits per heavy atom. The molecule has 0 bridgehead atoms. The number of fused-ring (bicyclic) bond motifs is 2. The minimum Gasteiger partial charge on any atom is -0.192 e. The van der Waals surface area contributed by atoms with Gasteiger partial charge in [-0.05, 0) is 96.2 Å². The Hall–Kier alpha value is -1.19. The summed E-state index contributed by atoms with van der Waals surface area (Å²) in [6.07, 6.45) is 0. The first-order valence-corrected chi connectivity index (χ1v) is 10.1. The minimum absolute atomic E-state index is 0.702. The van der Waals surface area contributed by atoms with Crippen LogP contribution in [0.5, 0.6) is 0 Å². The van der Waals surface area contributed by atoms with Gasteiger partial charge in [0, 0.05) is 18.3 Å². The topological polar surface area (TPSA) is 23.8 Å². The van der Waals surface area contributed by atoms with Crippen molar-refractivity contribution < 1.29 is 0 Å². The number of aryl methyl sites for hydroxylation is 1. The summed E-state index contributed by atoms with van der Waals surface area (Å²) in [5, 5.41) is 15.3. The van der Waals surface area contributed by atoms with Crippen LogP contribution in [0.3, 0.4) is 0 Å². The summed E-state index contributed by atoms with van der Waals surface area (Å²) in [4.78, 5) is 0. The van der Waals surface area contributed by atoms with Gasteiger partial charge in [0.15, 0.2) is 0 Å². The third-order valence-electron chi connectivity index (χ3n) is 3.29. The van der Waals surface area contributed by atoms with E-state index in [0.29, 0.717) is 5.56 Å². The van der Waals surface area contributed by atoms with E-state index < -0.39 is 0 Å². The average molecular weight is 465 g/mol. The van der Waals surface area contributed by atoms with Gasteiger partial charge in [-0.3, -0.25) is 0 Å². The highest BCUT2D eigenvalue weighted by Crippen LogP contribution is 2.30. The molecule has 114 valence electrons. The smallest absolute Gasteiger partial charge is 0.0992 e. The fourth-order valence-electron chi connectivity index (χ4n) is 2.28. The molecule has 0 N–H and O–H groups in total. The molecule has 2 aromatic heterocycles. The van der Waals surface area contributed by atoms with Gasteiger partial charge in [0.25, 0.3) is 0 Å². The lowest BCUT2D eigenvalue weighted by Crippen LogP contribution is -1.73. The fraction of sp³-hybridized carbons (Fsp3) is 0.0556. The predicted octanol–water partition coefficient (Wildman–Crippen LogP) is 7.51. The van der Waals surface area contributed by atoms with E-state index in [1.165, 1.54) is 24.8 Å². The normalized spacial score (nSPS) is 10.3. The number of hydrogen-bond acceptors (Lipinski definition) is 3. The van der Waals surface area contributed by atoms with Crippen LogP contribution in [0.4, 0.5) is 0 Å². The van der Waals surface area contributed by atoms with E-state index in [9.17, 15) is 0 Å². The molecule has 0 spiro atoms. The van der Waals surface area contributed by atoms with Crippen LogP contribution in [0.15, 0.2) is 56.1 Å². The zero-order valence-electron chi connectivity index (χ0n) is 12.1. The van der Waals surface area contributed by atoms with E-state index in [2.05, 4.69) is 68.4 Å². The van der Waals surface area contributed by atoms with E-state index in [0.717, 1.165) is 9.86 Å². The molecule has 0 atom stereocenters. The zero-order chi connectivity index (χ0) is 16.4. The van der Waals surface area contributed by atoms with Gasteiger partial charge >= 0.3 is 0 Å².